The van der Waals surface area contributed by atoms with Gasteiger partial charge in [0, 0.05) is 6.42 Å². The molecule has 100 valence electrons. The monoisotopic (exact) mass is 256 g/mol. The second-order valence-electron chi connectivity index (χ2n) is 4.82. The molecule has 0 unspecified atom stereocenters. The molecule has 0 heterocycles. The normalized spacial score (nSPS) is 11.3. The van der Waals surface area contributed by atoms with E-state index in [4.69, 9.17) is 16.2 Å². The van der Waals surface area contributed by atoms with Gasteiger partial charge in [0.05, 0.1) is 12.3 Å². The third-order valence-corrected chi connectivity index (χ3v) is 3.12. The van der Waals surface area contributed by atoms with Gasteiger partial charge >= 0.3 is 0 Å². The van der Waals surface area contributed by atoms with Crippen LogP contribution in [0.25, 0.3) is 0 Å². The summed E-state index contributed by atoms with van der Waals surface area (Å²) in [4.78, 5) is 0. The summed E-state index contributed by atoms with van der Waals surface area (Å²) in [5.74, 6) is 0.842. The van der Waals surface area contributed by atoms with Gasteiger partial charge in [0.2, 0.25) is 0 Å². The van der Waals surface area contributed by atoms with E-state index in [-0.39, 0.29) is 0 Å². The van der Waals surface area contributed by atoms with Gasteiger partial charge < -0.3 is 16.2 Å². The van der Waals surface area contributed by atoms with Gasteiger partial charge in [-0.25, -0.2) is 0 Å². The summed E-state index contributed by atoms with van der Waals surface area (Å²) in [7, 11) is 0. The highest BCUT2D eigenvalue weighted by Crippen LogP contribution is 2.17. The Hall–Kier alpha value is -1.84. The molecule has 19 heavy (non-hydrogen) atoms. The van der Waals surface area contributed by atoms with E-state index in [1.165, 1.54) is 5.56 Å². The number of nitrogens with two attached hydrogens (primary N) is 2. The zero-order valence-electron chi connectivity index (χ0n) is 11.2. The molecule has 0 aliphatic heterocycles. The maximum atomic E-state index is 6.12. The number of ether oxygens (including phenoxy) is 1. The third kappa shape index (κ3) is 3.81. The van der Waals surface area contributed by atoms with Gasteiger partial charge in [0.15, 0.2) is 0 Å². The Bertz CT molecular complexity index is 506. The van der Waals surface area contributed by atoms with Crippen LogP contribution in [0, 0.1) is 6.92 Å². The van der Waals surface area contributed by atoms with Crippen LogP contribution >= 0.6 is 0 Å². The Labute approximate surface area is 114 Å². The topological polar surface area (TPSA) is 61.3 Å². The molecule has 0 atom stereocenters. The highest BCUT2D eigenvalue weighted by molar-refractivity contribution is 5.26. The van der Waals surface area contributed by atoms with Crippen LogP contribution in [0.4, 0.5) is 0 Å². The molecule has 0 saturated heterocycles. The van der Waals surface area contributed by atoms with Crippen molar-refractivity contribution in [1.29, 1.82) is 0 Å². The molecule has 0 radical (unpaired) electrons. The average Bonchev–Trinajstić information content (AvgIpc) is 2.42. The molecule has 0 aliphatic carbocycles. The van der Waals surface area contributed by atoms with Crippen molar-refractivity contribution in [2.24, 2.45) is 11.5 Å². The van der Waals surface area contributed by atoms with Crippen LogP contribution in [0.15, 0.2) is 54.6 Å². The number of benzene rings is 2. The summed E-state index contributed by atoms with van der Waals surface area (Å²) in [6, 6.07) is 17.6. The van der Waals surface area contributed by atoms with Gasteiger partial charge in [-0.15, -0.1) is 0 Å². The average molecular weight is 256 g/mol. The summed E-state index contributed by atoms with van der Waals surface area (Å²) in [6.07, 6.45) is 0.560. The molecule has 2 aromatic carbocycles. The zero-order valence-corrected chi connectivity index (χ0v) is 11.2. The fraction of sp³-hybridized carbons (Fsp3) is 0.250. The van der Waals surface area contributed by atoms with Gasteiger partial charge in [-0.2, -0.15) is 0 Å². The lowest BCUT2D eigenvalue weighted by Crippen LogP contribution is -2.47. The maximum Gasteiger partial charge on any atom is 0.119 e. The molecular formula is C16H20N2O. The summed E-state index contributed by atoms with van der Waals surface area (Å²) < 4.78 is 5.66. The first-order valence-corrected chi connectivity index (χ1v) is 6.41. The minimum atomic E-state index is -0.855. The molecule has 0 spiro atoms. The molecule has 4 N–H and O–H groups in total. The Morgan fingerprint density at radius 1 is 0.947 bits per heavy atom. The predicted molar refractivity (Wildman–Crippen MR) is 77.8 cm³/mol. The van der Waals surface area contributed by atoms with E-state index in [1.807, 2.05) is 61.5 Å². The van der Waals surface area contributed by atoms with E-state index in [1.54, 1.807) is 0 Å². The van der Waals surface area contributed by atoms with E-state index >= 15 is 0 Å². The minimum Gasteiger partial charge on any atom is -0.493 e. The van der Waals surface area contributed by atoms with Gasteiger partial charge in [-0.3, -0.25) is 0 Å². The van der Waals surface area contributed by atoms with Crippen molar-refractivity contribution in [3.05, 3.63) is 65.7 Å². The molecular weight excluding hydrogens is 236 g/mol. The maximum absolute atomic E-state index is 6.12. The van der Waals surface area contributed by atoms with Crippen molar-refractivity contribution in [1.82, 2.24) is 0 Å². The molecule has 0 amide bonds. The predicted octanol–water partition coefficient (Wildman–Crippen LogP) is 2.53. The Morgan fingerprint density at radius 3 is 2.21 bits per heavy atom. The van der Waals surface area contributed by atoms with Crippen LogP contribution in [-0.4, -0.2) is 6.61 Å². The molecule has 0 bridgehead atoms. The molecule has 3 nitrogen and oxygen atoms in total. The smallest absolute Gasteiger partial charge is 0.119 e. The minimum absolute atomic E-state index is 0.491. The summed E-state index contributed by atoms with van der Waals surface area (Å²) in [5, 5.41) is 0. The molecule has 0 saturated carbocycles. The van der Waals surface area contributed by atoms with Crippen molar-refractivity contribution in [2.75, 3.05) is 6.61 Å². The van der Waals surface area contributed by atoms with Crippen molar-refractivity contribution < 1.29 is 4.74 Å². The second kappa shape index (κ2) is 5.87. The van der Waals surface area contributed by atoms with Crippen LogP contribution in [0.3, 0.4) is 0 Å². The first kappa shape index (κ1) is 13.6. The van der Waals surface area contributed by atoms with Crippen molar-refractivity contribution in [3.8, 4) is 5.75 Å². The molecule has 2 rings (SSSR count). The van der Waals surface area contributed by atoms with Gasteiger partial charge in [0.1, 0.15) is 5.75 Å². The van der Waals surface area contributed by atoms with Gasteiger partial charge in [-0.1, -0.05) is 48.0 Å². The lowest BCUT2D eigenvalue weighted by molar-refractivity contribution is 0.261. The summed E-state index contributed by atoms with van der Waals surface area (Å²) in [5.41, 5.74) is 13.5. The largest absolute Gasteiger partial charge is 0.493 e. The van der Waals surface area contributed by atoms with Gasteiger partial charge in [-0.05, 0) is 24.6 Å². The van der Waals surface area contributed by atoms with Crippen molar-refractivity contribution in [2.45, 2.75) is 19.0 Å². The van der Waals surface area contributed by atoms with E-state index in [9.17, 15) is 0 Å². The van der Waals surface area contributed by atoms with Crippen molar-refractivity contribution >= 4 is 0 Å². The summed E-state index contributed by atoms with van der Waals surface area (Å²) in [6.45, 7) is 2.54. The SMILES string of the molecule is Cc1ccc(OCCC(N)(N)c2ccccc2)cc1. The number of aryl methyl sites for hydroxylation is 1. The third-order valence-electron chi connectivity index (χ3n) is 3.12. The second-order valence-corrected chi connectivity index (χ2v) is 4.82. The van der Waals surface area contributed by atoms with Crippen LogP contribution in [0.2, 0.25) is 0 Å². The standard InChI is InChI=1S/C16H20N2O/c1-13-7-9-15(10-8-13)19-12-11-16(17,18)14-5-3-2-4-6-14/h2-10H,11-12,17-18H2,1H3. The van der Waals surface area contributed by atoms with E-state index in [2.05, 4.69) is 0 Å². The first-order valence-electron chi connectivity index (χ1n) is 6.41. The number of rotatable bonds is 5. The van der Waals surface area contributed by atoms with Crippen LogP contribution < -0.4 is 16.2 Å². The van der Waals surface area contributed by atoms with Crippen LogP contribution in [-0.2, 0) is 5.66 Å². The van der Waals surface area contributed by atoms with Crippen LogP contribution in [0.1, 0.15) is 17.5 Å². The van der Waals surface area contributed by atoms with Gasteiger partial charge in [0.25, 0.3) is 0 Å². The Kier molecular flexibility index (Phi) is 4.20. The van der Waals surface area contributed by atoms with Crippen LogP contribution in [0.5, 0.6) is 5.75 Å². The summed E-state index contributed by atoms with van der Waals surface area (Å²) >= 11 is 0. The number of hydrogen-bond donors (Lipinski definition) is 2. The lowest BCUT2D eigenvalue weighted by atomic mass is 9.98. The molecule has 3 heteroatoms. The molecule has 0 aromatic heterocycles. The quantitative estimate of drug-likeness (QED) is 0.808. The highest BCUT2D eigenvalue weighted by Gasteiger charge is 2.21. The zero-order chi connectivity index (χ0) is 13.7. The number of hydrogen-bond acceptors (Lipinski definition) is 3. The molecule has 0 fully saturated rings. The fourth-order valence-corrected chi connectivity index (χ4v) is 1.87. The fourth-order valence-electron chi connectivity index (χ4n) is 1.87. The molecule has 2 aromatic rings. The van der Waals surface area contributed by atoms with Crippen molar-refractivity contribution in [3.63, 3.8) is 0 Å². The first-order chi connectivity index (χ1) is 9.08. The lowest BCUT2D eigenvalue weighted by Gasteiger charge is -2.25. The Balaban J connectivity index is 1.90. The Morgan fingerprint density at radius 2 is 1.58 bits per heavy atom. The van der Waals surface area contributed by atoms with E-state index in [0.717, 1.165) is 11.3 Å². The highest BCUT2D eigenvalue weighted by atomic mass is 16.5. The van der Waals surface area contributed by atoms with E-state index in [0.29, 0.717) is 13.0 Å². The molecule has 0 aliphatic rings. The van der Waals surface area contributed by atoms with E-state index < -0.39 is 5.66 Å².